The minimum absolute atomic E-state index is 0.172. The molecule has 3 heteroatoms. The summed E-state index contributed by atoms with van der Waals surface area (Å²) in [5, 5.41) is 8.95. The summed E-state index contributed by atoms with van der Waals surface area (Å²) in [7, 11) is 0. The fraction of sp³-hybridized carbons (Fsp3) is 0.923. The number of likely N-dealkylation sites (tertiary alicyclic amines) is 1. The van der Waals surface area contributed by atoms with Gasteiger partial charge in [-0.05, 0) is 30.2 Å². The van der Waals surface area contributed by atoms with Crippen molar-refractivity contribution in [2.75, 3.05) is 19.6 Å². The van der Waals surface area contributed by atoms with Crippen molar-refractivity contribution >= 4 is 5.97 Å². The molecule has 1 saturated heterocycles. The van der Waals surface area contributed by atoms with E-state index in [1.807, 2.05) is 0 Å². The number of hydrogen-bond acceptors (Lipinski definition) is 2. The summed E-state index contributed by atoms with van der Waals surface area (Å²) < 4.78 is 0. The second kappa shape index (κ2) is 5.17. The van der Waals surface area contributed by atoms with E-state index in [0.717, 1.165) is 26.1 Å². The van der Waals surface area contributed by atoms with Crippen molar-refractivity contribution in [3.8, 4) is 0 Å². The molecule has 0 saturated carbocycles. The molecule has 94 valence electrons. The predicted molar refractivity (Wildman–Crippen MR) is 65.4 cm³/mol. The van der Waals surface area contributed by atoms with E-state index in [-0.39, 0.29) is 11.3 Å². The molecule has 1 fully saturated rings. The maximum atomic E-state index is 10.9. The van der Waals surface area contributed by atoms with E-state index in [2.05, 4.69) is 32.6 Å². The van der Waals surface area contributed by atoms with Gasteiger partial charge in [0.15, 0.2) is 0 Å². The van der Waals surface area contributed by atoms with Gasteiger partial charge in [-0.2, -0.15) is 0 Å². The Morgan fingerprint density at radius 2 is 2.12 bits per heavy atom. The van der Waals surface area contributed by atoms with Crippen molar-refractivity contribution in [2.24, 2.45) is 17.3 Å². The summed E-state index contributed by atoms with van der Waals surface area (Å²) in [5.74, 6) is 0.286. The van der Waals surface area contributed by atoms with Gasteiger partial charge in [-0.25, -0.2) is 0 Å². The summed E-state index contributed by atoms with van der Waals surface area (Å²) in [6, 6.07) is 0. The van der Waals surface area contributed by atoms with E-state index in [0.29, 0.717) is 12.3 Å². The number of aliphatic carboxylic acids is 1. The van der Waals surface area contributed by atoms with Gasteiger partial charge in [0.25, 0.3) is 0 Å². The lowest BCUT2D eigenvalue weighted by molar-refractivity contribution is -0.140. The van der Waals surface area contributed by atoms with Crippen molar-refractivity contribution in [1.29, 1.82) is 0 Å². The topological polar surface area (TPSA) is 40.5 Å². The zero-order valence-electron chi connectivity index (χ0n) is 11.0. The summed E-state index contributed by atoms with van der Waals surface area (Å²) >= 11 is 0. The van der Waals surface area contributed by atoms with E-state index in [4.69, 9.17) is 5.11 Å². The van der Waals surface area contributed by atoms with Crippen molar-refractivity contribution < 1.29 is 9.90 Å². The summed E-state index contributed by atoms with van der Waals surface area (Å²) in [6.45, 7) is 12.0. The third-order valence-corrected chi connectivity index (χ3v) is 3.70. The highest BCUT2D eigenvalue weighted by Gasteiger charge is 2.36. The molecule has 0 spiro atoms. The standard InChI is InChI=1S/C13H25NO2/c1-10(2)8-14-6-5-13(3,4)11(9-14)7-12(15)16/h10-11H,5-9H2,1-4H3,(H,15,16). The average molecular weight is 227 g/mol. The van der Waals surface area contributed by atoms with Crippen molar-refractivity contribution in [1.82, 2.24) is 4.90 Å². The molecule has 0 aliphatic carbocycles. The third-order valence-electron chi connectivity index (χ3n) is 3.70. The van der Waals surface area contributed by atoms with Crippen LogP contribution in [0.3, 0.4) is 0 Å². The van der Waals surface area contributed by atoms with Gasteiger partial charge < -0.3 is 10.0 Å². The Bertz CT molecular complexity index is 248. The van der Waals surface area contributed by atoms with Crippen LogP contribution in [0, 0.1) is 17.3 Å². The molecule has 16 heavy (non-hydrogen) atoms. The maximum absolute atomic E-state index is 10.9. The third kappa shape index (κ3) is 3.78. The van der Waals surface area contributed by atoms with Crippen molar-refractivity contribution in [3.05, 3.63) is 0 Å². The van der Waals surface area contributed by atoms with Crippen LogP contribution in [-0.4, -0.2) is 35.6 Å². The van der Waals surface area contributed by atoms with Crippen molar-refractivity contribution in [2.45, 2.75) is 40.5 Å². The van der Waals surface area contributed by atoms with Crippen LogP contribution in [0.5, 0.6) is 0 Å². The molecule has 1 aliphatic heterocycles. The van der Waals surface area contributed by atoms with Gasteiger partial charge in [0.1, 0.15) is 0 Å². The molecule has 0 bridgehead atoms. The fourth-order valence-electron chi connectivity index (χ4n) is 2.53. The molecule has 1 heterocycles. The van der Waals surface area contributed by atoms with Crippen LogP contribution in [-0.2, 0) is 4.79 Å². The molecule has 1 unspecified atom stereocenters. The van der Waals surface area contributed by atoms with Crippen LogP contribution in [0.15, 0.2) is 0 Å². The molecule has 0 aromatic rings. The zero-order chi connectivity index (χ0) is 12.3. The molecular formula is C13H25NO2. The molecule has 1 atom stereocenters. The normalized spacial score (nSPS) is 25.9. The number of hydrogen-bond donors (Lipinski definition) is 1. The number of carboxylic acids is 1. The Morgan fingerprint density at radius 3 is 2.62 bits per heavy atom. The number of piperidine rings is 1. The van der Waals surface area contributed by atoms with Crippen molar-refractivity contribution in [3.63, 3.8) is 0 Å². The van der Waals surface area contributed by atoms with Gasteiger partial charge in [0.2, 0.25) is 0 Å². The Morgan fingerprint density at radius 1 is 1.50 bits per heavy atom. The molecule has 0 amide bonds. The molecule has 1 rings (SSSR count). The zero-order valence-corrected chi connectivity index (χ0v) is 11.0. The lowest BCUT2D eigenvalue weighted by Crippen LogP contribution is -2.46. The average Bonchev–Trinajstić information content (AvgIpc) is 2.09. The lowest BCUT2D eigenvalue weighted by atomic mass is 9.72. The Balaban J connectivity index is 2.58. The Labute approximate surface area is 98.8 Å². The molecule has 0 aromatic carbocycles. The van der Waals surface area contributed by atoms with E-state index < -0.39 is 5.97 Å². The maximum Gasteiger partial charge on any atom is 0.303 e. The quantitative estimate of drug-likeness (QED) is 0.802. The molecule has 0 radical (unpaired) electrons. The van der Waals surface area contributed by atoms with Gasteiger partial charge in [-0.3, -0.25) is 4.79 Å². The Hall–Kier alpha value is -0.570. The van der Waals surface area contributed by atoms with Gasteiger partial charge in [-0.15, -0.1) is 0 Å². The smallest absolute Gasteiger partial charge is 0.303 e. The molecular weight excluding hydrogens is 202 g/mol. The van der Waals surface area contributed by atoms with Crippen LogP contribution in [0.25, 0.3) is 0 Å². The van der Waals surface area contributed by atoms with E-state index in [1.165, 1.54) is 0 Å². The first kappa shape index (κ1) is 13.5. The highest BCUT2D eigenvalue weighted by Crippen LogP contribution is 2.37. The number of carboxylic acid groups (broad SMARTS) is 1. The lowest BCUT2D eigenvalue weighted by Gasteiger charge is -2.44. The monoisotopic (exact) mass is 227 g/mol. The molecule has 1 aliphatic rings. The molecule has 3 nitrogen and oxygen atoms in total. The minimum atomic E-state index is -0.663. The first-order valence-corrected chi connectivity index (χ1v) is 6.25. The van der Waals surface area contributed by atoms with Gasteiger partial charge in [0, 0.05) is 19.5 Å². The first-order chi connectivity index (χ1) is 7.31. The number of nitrogens with zero attached hydrogens (tertiary/aromatic N) is 1. The van der Waals surface area contributed by atoms with Crippen LogP contribution < -0.4 is 0 Å². The van der Waals surface area contributed by atoms with Crippen LogP contribution in [0.2, 0.25) is 0 Å². The summed E-state index contributed by atoms with van der Waals surface area (Å²) in [4.78, 5) is 13.3. The second-order valence-corrected chi connectivity index (χ2v) is 6.19. The highest BCUT2D eigenvalue weighted by atomic mass is 16.4. The van der Waals surface area contributed by atoms with E-state index in [1.54, 1.807) is 0 Å². The van der Waals surface area contributed by atoms with Gasteiger partial charge in [-0.1, -0.05) is 27.7 Å². The minimum Gasteiger partial charge on any atom is -0.481 e. The predicted octanol–water partition coefficient (Wildman–Crippen LogP) is 2.47. The first-order valence-electron chi connectivity index (χ1n) is 6.25. The molecule has 1 N–H and O–H groups in total. The Kier molecular flexibility index (Phi) is 4.36. The van der Waals surface area contributed by atoms with E-state index in [9.17, 15) is 4.79 Å². The summed E-state index contributed by atoms with van der Waals surface area (Å²) in [5.41, 5.74) is 0.172. The van der Waals surface area contributed by atoms with Crippen LogP contribution in [0.4, 0.5) is 0 Å². The van der Waals surface area contributed by atoms with Crippen LogP contribution in [0.1, 0.15) is 40.5 Å². The number of rotatable bonds is 4. The fourth-order valence-corrected chi connectivity index (χ4v) is 2.53. The van der Waals surface area contributed by atoms with Crippen LogP contribution >= 0.6 is 0 Å². The van der Waals surface area contributed by atoms with Gasteiger partial charge >= 0.3 is 5.97 Å². The largest absolute Gasteiger partial charge is 0.481 e. The summed E-state index contributed by atoms with van der Waals surface area (Å²) in [6.07, 6.45) is 1.42. The SMILES string of the molecule is CC(C)CN1CCC(C)(C)C(CC(=O)O)C1. The van der Waals surface area contributed by atoms with Gasteiger partial charge in [0.05, 0.1) is 0 Å². The number of carbonyl (C=O) groups is 1. The highest BCUT2D eigenvalue weighted by molar-refractivity contribution is 5.67. The van der Waals surface area contributed by atoms with E-state index >= 15 is 0 Å². The second-order valence-electron chi connectivity index (χ2n) is 6.19. The molecule has 0 aromatic heterocycles.